The summed E-state index contributed by atoms with van der Waals surface area (Å²) in [6.07, 6.45) is 2.88. The van der Waals surface area contributed by atoms with Crippen LogP contribution in [0.3, 0.4) is 0 Å². The lowest BCUT2D eigenvalue weighted by molar-refractivity contribution is -0.396. The second-order valence-corrected chi connectivity index (χ2v) is 2.73. The van der Waals surface area contributed by atoms with Gasteiger partial charge in [-0.2, -0.15) is 0 Å². The van der Waals surface area contributed by atoms with E-state index < -0.39 is 4.92 Å². The summed E-state index contributed by atoms with van der Waals surface area (Å²) in [6, 6.07) is 0. The average Bonchev–Trinajstić information content (AvgIpc) is 2.63. The van der Waals surface area contributed by atoms with E-state index in [4.69, 9.17) is 4.74 Å². The third-order valence-corrected chi connectivity index (χ3v) is 1.72. The Morgan fingerprint density at radius 2 is 2.47 bits per heavy atom. The van der Waals surface area contributed by atoms with Crippen LogP contribution in [0, 0.1) is 10.1 Å². The average molecular weight is 213 g/mol. The Hall–Kier alpha value is -1.92. The van der Waals surface area contributed by atoms with Gasteiger partial charge in [-0.3, -0.25) is 4.79 Å². The number of hydrogen-bond acceptors (Lipinski definition) is 5. The van der Waals surface area contributed by atoms with E-state index in [1.807, 2.05) is 0 Å². The summed E-state index contributed by atoms with van der Waals surface area (Å²) in [5, 5.41) is 10.5. The highest BCUT2D eigenvalue weighted by atomic mass is 16.6. The molecule has 0 saturated carbocycles. The fourth-order valence-corrected chi connectivity index (χ4v) is 1.09. The van der Waals surface area contributed by atoms with Crippen molar-refractivity contribution in [1.29, 1.82) is 0 Å². The van der Waals surface area contributed by atoms with Gasteiger partial charge in [-0.1, -0.05) is 4.98 Å². The Kier molecular flexibility index (Phi) is 3.78. The molecule has 0 aromatic carbocycles. The molecule has 7 nitrogen and oxygen atoms in total. The minimum atomic E-state index is -0.592. The molecule has 0 aliphatic rings. The topological polar surface area (TPSA) is 87.3 Å². The molecule has 1 rings (SSSR count). The molecule has 1 heterocycles. The highest BCUT2D eigenvalue weighted by molar-refractivity contribution is 5.69. The van der Waals surface area contributed by atoms with Gasteiger partial charge in [0.2, 0.25) is 0 Å². The van der Waals surface area contributed by atoms with Crippen LogP contribution >= 0.6 is 0 Å². The van der Waals surface area contributed by atoms with Gasteiger partial charge < -0.3 is 14.9 Å². The first kappa shape index (κ1) is 11.2. The number of ether oxygens (including phenoxy) is 1. The van der Waals surface area contributed by atoms with Gasteiger partial charge in [-0.05, 0) is 11.8 Å². The minimum absolute atomic E-state index is 0.102. The van der Waals surface area contributed by atoms with Crippen molar-refractivity contribution in [1.82, 2.24) is 9.55 Å². The molecular formula is C8H11N3O4. The minimum Gasteiger partial charge on any atom is -0.466 e. The maximum Gasteiger partial charge on any atom is 0.434 e. The fraction of sp³-hybridized carbons (Fsp3) is 0.500. The second kappa shape index (κ2) is 5.08. The molecular weight excluding hydrogens is 202 g/mol. The normalized spacial score (nSPS) is 9.93. The molecule has 0 aliphatic heterocycles. The van der Waals surface area contributed by atoms with Crippen molar-refractivity contribution in [2.45, 2.75) is 19.9 Å². The molecule has 0 atom stereocenters. The predicted molar refractivity (Wildman–Crippen MR) is 50.1 cm³/mol. The molecule has 0 spiro atoms. The fourth-order valence-electron chi connectivity index (χ4n) is 1.09. The van der Waals surface area contributed by atoms with E-state index in [-0.39, 0.29) is 24.9 Å². The molecule has 15 heavy (non-hydrogen) atoms. The van der Waals surface area contributed by atoms with Gasteiger partial charge in [0.25, 0.3) is 0 Å². The molecule has 0 bridgehead atoms. The highest BCUT2D eigenvalue weighted by Crippen LogP contribution is 2.08. The number of nitrogens with zero attached hydrogens (tertiary/aromatic N) is 3. The molecule has 1 aromatic rings. The monoisotopic (exact) mass is 213 g/mol. The van der Waals surface area contributed by atoms with E-state index in [2.05, 4.69) is 4.98 Å². The Balaban J connectivity index is 2.54. The first-order chi connectivity index (χ1) is 7.15. The maximum absolute atomic E-state index is 11.0. The van der Waals surface area contributed by atoms with Gasteiger partial charge in [-0.25, -0.2) is 4.57 Å². The first-order valence-electron chi connectivity index (χ1n) is 4.46. The smallest absolute Gasteiger partial charge is 0.434 e. The predicted octanol–water partition coefficient (Wildman–Crippen LogP) is 0.744. The summed E-state index contributed by atoms with van der Waals surface area (Å²) in [4.78, 5) is 24.4. The lowest BCUT2D eigenvalue weighted by atomic mass is 10.4. The zero-order valence-electron chi connectivity index (χ0n) is 8.25. The van der Waals surface area contributed by atoms with E-state index in [1.54, 1.807) is 6.92 Å². The Bertz CT molecular complexity index is 361. The van der Waals surface area contributed by atoms with Crippen LogP contribution in [0.5, 0.6) is 0 Å². The molecule has 82 valence electrons. The molecule has 0 fully saturated rings. The van der Waals surface area contributed by atoms with Crippen LogP contribution in [0.15, 0.2) is 12.4 Å². The molecule has 0 amide bonds. The Morgan fingerprint density at radius 1 is 1.73 bits per heavy atom. The number of aryl methyl sites for hydroxylation is 1. The van der Waals surface area contributed by atoms with Crippen molar-refractivity contribution in [3.8, 4) is 0 Å². The summed E-state index contributed by atoms with van der Waals surface area (Å²) in [6.45, 7) is 2.22. The van der Waals surface area contributed by atoms with Crippen LogP contribution in [0.2, 0.25) is 0 Å². The molecule has 0 saturated heterocycles. The van der Waals surface area contributed by atoms with Crippen molar-refractivity contribution in [3.63, 3.8) is 0 Å². The van der Waals surface area contributed by atoms with Crippen molar-refractivity contribution in [2.75, 3.05) is 6.61 Å². The lowest BCUT2D eigenvalue weighted by Gasteiger charge is -2.01. The van der Waals surface area contributed by atoms with Gasteiger partial charge in [-0.15, -0.1) is 0 Å². The zero-order valence-corrected chi connectivity index (χ0v) is 8.25. The largest absolute Gasteiger partial charge is 0.466 e. The van der Waals surface area contributed by atoms with Gasteiger partial charge in [0.1, 0.15) is 12.4 Å². The van der Waals surface area contributed by atoms with Crippen LogP contribution in [-0.2, 0) is 16.1 Å². The van der Waals surface area contributed by atoms with Crippen LogP contribution in [0.1, 0.15) is 13.3 Å². The standard InChI is InChI=1S/C8H11N3O4/c1-2-15-7(12)3-5-10-6-4-9-8(10)11(13)14/h4,6H,2-3,5H2,1H3. The number of esters is 1. The molecule has 0 N–H and O–H groups in total. The Labute approximate surface area is 85.8 Å². The lowest BCUT2D eigenvalue weighted by Crippen LogP contribution is -2.10. The summed E-state index contributed by atoms with van der Waals surface area (Å²) in [5.74, 6) is -0.639. The third kappa shape index (κ3) is 3.04. The van der Waals surface area contributed by atoms with Gasteiger partial charge in [0.15, 0.2) is 0 Å². The van der Waals surface area contributed by atoms with Crippen LogP contribution < -0.4 is 0 Å². The first-order valence-corrected chi connectivity index (χ1v) is 4.46. The van der Waals surface area contributed by atoms with Crippen molar-refractivity contribution < 1.29 is 14.5 Å². The molecule has 0 unspecified atom stereocenters. The van der Waals surface area contributed by atoms with E-state index in [0.717, 1.165) is 0 Å². The SMILES string of the molecule is CCOC(=O)CCn1ccnc1[N+](=O)[O-]. The highest BCUT2D eigenvalue weighted by Gasteiger charge is 2.14. The van der Waals surface area contributed by atoms with E-state index in [0.29, 0.717) is 6.61 Å². The Morgan fingerprint density at radius 3 is 3.07 bits per heavy atom. The zero-order chi connectivity index (χ0) is 11.3. The van der Waals surface area contributed by atoms with E-state index in [9.17, 15) is 14.9 Å². The van der Waals surface area contributed by atoms with Crippen molar-refractivity contribution >= 4 is 11.9 Å². The van der Waals surface area contributed by atoms with Gasteiger partial charge in [0, 0.05) is 0 Å². The van der Waals surface area contributed by atoms with E-state index in [1.165, 1.54) is 17.0 Å². The molecule has 0 radical (unpaired) electrons. The third-order valence-electron chi connectivity index (χ3n) is 1.72. The maximum atomic E-state index is 11.0. The molecule has 1 aromatic heterocycles. The van der Waals surface area contributed by atoms with Gasteiger partial charge >= 0.3 is 11.9 Å². The van der Waals surface area contributed by atoms with Crippen molar-refractivity contribution in [3.05, 3.63) is 22.5 Å². The number of rotatable bonds is 5. The molecule has 7 heteroatoms. The quantitative estimate of drug-likeness (QED) is 0.409. The number of carbonyl (C=O) groups is 1. The number of hydrogen-bond donors (Lipinski definition) is 0. The number of aromatic nitrogens is 2. The summed E-state index contributed by atoms with van der Waals surface area (Å²) < 4.78 is 6.00. The molecule has 0 aliphatic carbocycles. The van der Waals surface area contributed by atoms with Crippen molar-refractivity contribution in [2.24, 2.45) is 0 Å². The second-order valence-electron chi connectivity index (χ2n) is 2.73. The summed E-state index contributed by atoms with van der Waals surface area (Å²) in [5.41, 5.74) is 0. The van der Waals surface area contributed by atoms with Crippen LogP contribution in [-0.4, -0.2) is 27.1 Å². The number of imidazole rings is 1. The van der Waals surface area contributed by atoms with Crippen LogP contribution in [0.25, 0.3) is 0 Å². The summed E-state index contributed by atoms with van der Waals surface area (Å²) in [7, 11) is 0. The van der Waals surface area contributed by atoms with Crippen LogP contribution in [0.4, 0.5) is 5.95 Å². The number of nitro groups is 1. The number of carbonyl (C=O) groups excluding carboxylic acids is 1. The van der Waals surface area contributed by atoms with E-state index >= 15 is 0 Å². The summed E-state index contributed by atoms with van der Waals surface area (Å²) >= 11 is 0. The van der Waals surface area contributed by atoms with Gasteiger partial charge in [0.05, 0.1) is 19.6 Å².